The average Bonchev–Trinajstić information content (AvgIpc) is 2.74. The Bertz CT molecular complexity index is 1140. The number of benzene rings is 2. The first-order valence-corrected chi connectivity index (χ1v) is 8.50. The van der Waals surface area contributed by atoms with Crippen molar-refractivity contribution in [1.29, 1.82) is 0 Å². The molecule has 0 atom stereocenters. The van der Waals surface area contributed by atoms with E-state index >= 15 is 0 Å². The van der Waals surface area contributed by atoms with Gasteiger partial charge in [-0.25, -0.2) is 14.8 Å². The topological polar surface area (TPSA) is 140 Å². The monoisotopic (exact) mass is 405 g/mol. The van der Waals surface area contributed by atoms with Gasteiger partial charge in [0.1, 0.15) is 23.4 Å². The van der Waals surface area contributed by atoms with Crippen molar-refractivity contribution in [2.24, 2.45) is 5.11 Å². The summed E-state index contributed by atoms with van der Waals surface area (Å²) in [6.07, 6.45) is 2.35. The Morgan fingerprint density at radius 3 is 2.37 bits per heavy atom. The molecule has 2 aromatic carbocycles. The summed E-state index contributed by atoms with van der Waals surface area (Å²) < 4.78 is 16.3. The molecule has 0 amide bonds. The summed E-state index contributed by atoms with van der Waals surface area (Å²) in [7, 11) is 1.36. The normalized spacial score (nSPS) is 10.6. The highest BCUT2D eigenvalue weighted by molar-refractivity contribution is 6.15. The molecule has 1 N–H and O–H groups in total. The first-order chi connectivity index (χ1) is 14.6. The molecule has 0 radical (unpaired) electrons. The van der Waals surface area contributed by atoms with Gasteiger partial charge < -0.3 is 19.3 Å². The number of hydrogen-bond donors (Lipinski definition) is 1. The molecule has 30 heavy (non-hydrogen) atoms. The highest BCUT2D eigenvalue weighted by atomic mass is 16.5. The van der Waals surface area contributed by atoms with E-state index in [2.05, 4.69) is 20.0 Å². The highest BCUT2D eigenvalue weighted by Gasteiger charge is 2.17. The number of aromatic nitrogens is 2. The fraction of sp³-hybridized carbons (Fsp3) is 0.0500. The molecule has 1 aromatic heterocycles. The summed E-state index contributed by atoms with van der Waals surface area (Å²) in [5.74, 6) is -0.354. The maximum Gasteiger partial charge on any atom is 0.339 e. The zero-order valence-corrected chi connectivity index (χ0v) is 15.7. The zero-order chi connectivity index (χ0) is 21.3. The van der Waals surface area contributed by atoms with Gasteiger partial charge in [0.25, 0.3) is 0 Å². The molecule has 1 heterocycles. The minimum atomic E-state index is -1.17. The molecular weight excluding hydrogens is 390 g/mol. The second-order valence-electron chi connectivity index (χ2n) is 5.62. The quantitative estimate of drug-likeness (QED) is 0.181. The molecular formula is C20H15N5O5. The average molecular weight is 405 g/mol. The number of carboxylic acids is 1. The van der Waals surface area contributed by atoms with Gasteiger partial charge in [-0.15, -0.1) is 0 Å². The van der Waals surface area contributed by atoms with Crippen LogP contribution in [-0.4, -0.2) is 28.2 Å². The van der Waals surface area contributed by atoms with E-state index in [1.165, 1.54) is 19.5 Å². The van der Waals surface area contributed by atoms with E-state index in [1.54, 1.807) is 48.5 Å². The number of hydrogen-bond acceptors (Lipinski definition) is 7. The van der Waals surface area contributed by atoms with Crippen LogP contribution in [0.15, 0.2) is 72.3 Å². The third-order valence-electron chi connectivity index (χ3n) is 3.71. The molecule has 0 fully saturated rings. The summed E-state index contributed by atoms with van der Waals surface area (Å²) in [6.45, 7) is 0. The van der Waals surface area contributed by atoms with Crippen molar-refractivity contribution < 1.29 is 24.1 Å². The van der Waals surface area contributed by atoms with Crippen LogP contribution in [0.2, 0.25) is 0 Å². The van der Waals surface area contributed by atoms with Crippen LogP contribution in [0.1, 0.15) is 5.56 Å². The summed E-state index contributed by atoms with van der Waals surface area (Å²) >= 11 is 0. The summed E-state index contributed by atoms with van der Waals surface area (Å²) in [6, 6.07) is 14.6. The molecule has 0 aliphatic rings. The lowest BCUT2D eigenvalue weighted by molar-refractivity contribution is -0.130. The molecule has 0 aliphatic heterocycles. The molecule has 0 aliphatic carbocycles. The van der Waals surface area contributed by atoms with Crippen LogP contribution in [0.3, 0.4) is 0 Å². The van der Waals surface area contributed by atoms with Crippen molar-refractivity contribution in [3.05, 3.63) is 83.2 Å². The Morgan fingerprint density at radius 2 is 1.70 bits per heavy atom. The lowest BCUT2D eigenvalue weighted by Crippen LogP contribution is -2.02. The molecule has 0 bridgehead atoms. The highest BCUT2D eigenvalue weighted by Crippen LogP contribution is 2.33. The number of aliphatic carboxylic acids is 1. The lowest BCUT2D eigenvalue weighted by atomic mass is 10.1. The minimum Gasteiger partial charge on any atom is -0.503 e. The molecule has 3 aromatic rings. The number of ether oxygens (including phenoxy) is 3. The number of para-hydroxylation sites is 2. The van der Waals surface area contributed by atoms with Crippen LogP contribution in [0.4, 0.5) is 5.69 Å². The number of azide groups is 1. The third kappa shape index (κ3) is 4.83. The van der Waals surface area contributed by atoms with Crippen LogP contribution in [-0.2, 0) is 9.53 Å². The van der Waals surface area contributed by atoms with Gasteiger partial charge in [-0.1, -0.05) is 35.4 Å². The Labute approximate surface area is 170 Å². The number of nitrogens with zero attached hydrogens (tertiary/aromatic N) is 5. The van der Waals surface area contributed by atoms with Crippen molar-refractivity contribution in [2.75, 3.05) is 7.11 Å². The molecule has 0 saturated heterocycles. The van der Waals surface area contributed by atoms with Crippen molar-refractivity contribution >= 4 is 17.2 Å². The predicted octanol–water partition coefficient (Wildman–Crippen LogP) is 5.07. The molecule has 150 valence electrons. The Morgan fingerprint density at radius 1 is 1.07 bits per heavy atom. The number of carboxylic acid groups (broad SMARTS) is 1. The first kappa shape index (κ1) is 20.2. The first-order valence-electron chi connectivity index (χ1n) is 8.50. The van der Waals surface area contributed by atoms with Crippen molar-refractivity contribution in [3.8, 4) is 23.3 Å². The summed E-state index contributed by atoms with van der Waals surface area (Å²) in [4.78, 5) is 22.4. The van der Waals surface area contributed by atoms with E-state index < -0.39 is 5.97 Å². The third-order valence-corrected chi connectivity index (χ3v) is 3.71. The van der Waals surface area contributed by atoms with Crippen LogP contribution in [0.5, 0.6) is 23.3 Å². The lowest BCUT2D eigenvalue weighted by Gasteiger charge is -2.12. The van der Waals surface area contributed by atoms with E-state index in [9.17, 15) is 9.90 Å². The van der Waals surface area contributed by atoms with E-state index in [-0.39, 0.29) is 23.1 Å². The van der Waals surface area contributed by atoms with Gasteiger partial charge in [-0.05, 0) is 23.7 Å². The van der Waals surface area contributed by atoms with Crippen LogP contribution < -0.4 is 9.47 Å². The molecule has 0 saturated carbocycles. The minimum absolute atomic E-state index is 0.0816. The number of methoxy groups -OCH3 is 1. The van der Waals surface area contributed by atoms with Crippen LogP contribution in [0.25, 0.3) is 16.0 Å². The number of rotatable bonds is 8. The number of carbonyl (C=O) groups is 1. The van der Waals surface area contributed by atoms with Crippen LogP contribution >= 0.6 is 0 Å². The SMILES string of the molecule is CO/C=C(/C(=O)O)c1ccccc1Oc1cc(Oc2ccccc2N=[N+]=[N-])ncn1. The maximum absolute atomic E-state index is 11.6. The van der Waals surface area contributed by atoms with E-state index in [0.29, 0.717) is 17.0 Å². The van der Waals surface area contributed by atoms with E-state index in [0.717, 1.165) is 6.26 Å². The van der Waals surface area contributed by atoms with Gasteiger partial charge in [-0.3, -0.25) is 0 Å². The van der Waals surface area contributed by atoms with Crippen molar-refractivity contribution in [1.82, 2.24) is 9.97 Å². The zero-order valence-electron chi connectivity index (χ0n) is 15.7. The van der Waals surface area contributed by atoms with Gasteiger partial charge >= 0.3 is 5.97 Å². The maximum atomic E-state index is 11.6. The van der Waals surface area contributed by atoms with Crippen molar-refractivity contribution in [3.63, 3.8) is 0 Å². The fourth-order valence-electron chi connectivity index (χ4n) is 2.46. The van der Waals surface area contributed by atoms with Crippen molar-refractivity contribution in [2.45, 2.75) is 0 Å². The smallest absolute Gasteiger partial charge is 0.339 e. The summed E-state index contributed by atoms with van der Waals surface area (Å²) in [5, 5.41) is 13.0. The largest absolute Gasteiger partial charge is 0.503 e. The van der Waals surface area contributed by atoms with Gasteiger partial charge in [0.15, 0.2) is 0 Å². The second kappa shape index (κ2) is 9.58. The Balaban J connectivity index is 1.90. The van der Waals surface area contributed by atoms with E-state index in [4.69, 9.17) is 19.7 Å². The van der Waals surface area contributed by atoms with Gasteiger partial charge in [0.05, 0.1) is 25.1 Å². The molecule has 10 heteroatoms. The molecule has 0 spiro atoms. The van der Waals surface area contributed by atoms with Gasteiger partial charge in [-0.2, -0.15) is 0 Å². The summed E-state index contributed by atoms with van der Waals surface area (Å²) in [5.41, 5.74) is 9.19. The molecule has 0 unspecified atom stereocenters. The van der Waals surface area contributed by atoms with E-state index in [1.807, 2.05) is 0 Å². The van der Waals surface area contributed by atoms with Crippen LogP contribution in [0, 0.1) is 0 Å². The molecule has 10 nitrogen and oxygen atoms in total. The second-order valence-corrected chi connectivity index (χ2v) is 5.62. The van der Waals surface area contributed by atoms with Gasteiger partial charge in [0.2, 0.25) is 11.8 Å². The Kier molecular flexibility index (Phi) is 6.44. The Hall–Kier alpha value is -4.56. The fourth-order valence-corrected chi connectivity index (χ4v) is 2.46. The predicted molar refractivity (Wildman–Crippen MR) is 106 cm³/mol. The molecule has 3 rings (SSSR count). The standard InChI is InChI=1S/C20H15N5O5/c1-28-11-14(20(26)27)13-6-2-4-8-16(13)29-18-10-19(23-12-22-18)30-17-9-5-3-7-15(17)24-25-21/h2-12H,1H3,(H,26,27)/b14-11+. The van der Waals surface area contributed by atoms with Gasteiger partial charge in [0, 0.05) is 10.5 Å².